The predicted molar refractivity (Wildman–Crippen MR) is 104 cm³/mol. The topological polar surface area (TPSA) is 26.3 Å². The standard InChI is InChI=1S/C19H12O2S.C2H6/c1-10-2-4-12-14-8-19-15(9-18(14)20-16(12)6-10)13-5-3-11(22)7-17(13)21-19;1-2/h2-9,22H,1H3;1-2H3. The molecule has 0 atom stereocenters. The third-order valence-corrected chi connectivity index (χ3v) is 4.48. The lowest BCUT2D eigenvalue weighted by molar-refractivity contribution is 0.663. The van der Waals surface area contributed by atoms with Crippen LogP contribution in [0.25, 0.3) is 43.9 Å². The number of furan rings is 2. The van der Waals surface area contributed by atoms with Crippen molar-refractivity contribution in [2.75, 3.05) is 0 Å². The van der Waals surface area contributed by atoms with Gasteiger partial charge in [0.05, 0.1) is 0 Å². The van der Waals surface area contributed by atoms with Gasteiger partial charge in [0, 0.05) is 26.4 Å². The maximum absolute atomic E-state index is 6.03. The highest BCUT2D eigenvalue weighted by atomic mass is 32.1. The summed E-state index contributed by atoms with van der Waals surface area (Å²) in [6, 6.07) is 16.4. The van der Waals surface area contributed by atoms with Gasteiger partial charge in [-0.2, -0.15) is 0 Å². The van der Waals surface area contributed by atoms with Crippen LogP contribution in [0.4, 0.5) is 0 Å². The van der Waals surface area contributed by atoms with Crippen molar-refractivity contribution in [3.63, 3.8) is 0 Å². The van der Waals surface area contributed by atoms with Crippen molar-refractivity contribution in [1.29, 1.82) is 0 Å². The Kier molecular flexibility index (Phi) is 3.54. The van der Waals surface area contributed by atoms with Crippen molar-refractivity contribution in [3.05, 3.63) is 54.1 Å². The minimum absolute atomic E-state index is 0.857. The molecule has 5 aromatic rings. The Morgan fingerprint density at radius 2 is 1.12 bits per heavy atom. The summed E-state index contributed by atoms with van der Waals surface area (Å²) in [6.45, 7) is 6.07. The molecular formula is C21H18O2S. The van der Waals surface area contributed by atoms with E-state index in [1.165, 1.54) is 5.56 Å². The predicted octanol–water partition coefficient (Wildman–Crippen LogP) is 7.11. The number of rotatable bonds is 0. The van der Waals surface area contributed by atoms with Crippen LogP contribution in [-0.2, 0) is 0 Å². The Balaban J connectivity index is 0.000000704. The third kappa shape index (κ3) is 2.20. The summed E-state index contributed by atoms with van der Waals surface area (Å²) in [5.41, 5.74) is 4.75. The largest absolute Gasteiger partial charge is 0.456 e. The van der Waals surface area contributed by atoms with E-state index in [0.717, 1.165) is 48.8 Å². The maximum atomic E-state index is 6.03. The molecule has 0 saturated carbocycles. The first-order valence-electron chi connectivity index (χ1n) is 8.17. The van der Waals surface area contributed by atoms with E-state index in [1.807, 2.05) is 32.0 Å². The Labute approximate surface area is 145 Å². The molecule has 0 radical (unpaired) electrons. The SMILES string of the molecule is CC.Cc1ccc2c(c1)oc1cc3c(cc12)oc1cc(S)ccc13. The van der Waals surface area contributed by atoms with E-state index in [9.17, 15) is 0 Å². The number of aryl methyl sites for hydroxylation is 1. The average Bonchev–Trinajstić information content (AvgIpc) is 3.10. The molecule has 3 aromatic carbocycles. The van der Waals surface area contributed by atoms with Crippen LogP contribution < -0.4 is 0 Å². The fraction of sp³-hybridized carbons (Fsp3) is 0.143. The van der Waals surface area contributed by atoms with Gasteiger partial charge >= 0.3 is 0 Å². The van der Waals surface area contributed by atoms with E-state index < -0.39 is 0 Å². The van der Waals surface area contributed by atoms with E-state index in [1.54, 1.807) is 0 Å². The second kappa shape index (κ2) is 5.60. The molecule has 0 fully saturated rings. The first-order chi connectivity index (χ1) is 11.7. The van der Waals surface area contributed by atoms with Crippen molar-refractivity contribution in [3.8, 4) is 0 Å². The molecule has 3 heteroatoms. The number of benzene rings is 3. The quantitative estimate of drug-likeness (QED) is 0.305. The fourth-order valence-corrected chi connectivity index (χ4v) is 3.33. The number of hydrogen-bond donors (Lipinski definition) is 1. The highest BCUT2D eigenvalue weighted by Crippen LogP contribution is 2.37. The van der Waals surface area contributed by atoms with E-state index >= 15 is 0 Å². The lowest BCUT2D eigenvalue weighted by Gasteiger charge is -1.92. The first kappa shape index (κ1) is 15.2. The molecule has 0 aliphatic rings. The van der Waals surface area contributed by atoms with Gasteiger partial charge < -0.3 is 8.83 Å². The van der Waals surface area contributed by atoms with Gasteiger partial charge in [0.2, 0.25) is 0 Å². The van der Waals surface area contributed by atoms with Crippen molar-refractivity contribution >= 4 is 56.5 Å². The summed E-state index contributed by atoms with van der Waals surface area (Å²) in [6.07, 6.45) is 0. The van der Waals surface area contributed by atoms with Crippen LogP contribution in [0.5, 0.6) is 0 Å². The summed E-state index contributed by atoms with van der Waals surface area (Å²) in [5.74, 6) is 0. The highest BCUT2D eigenvalue weighted by molar-refractivity contribution is 7.80. The zero-order valence-corrected chi connectivity index (χ0v) is 14.8. The van der Waals surface area contributed by atoms with Crippen LogP contribution in [-0.4, -0.2) is 0 Å². The van der Waals surface area contributed by atoms with Gasteiger partial charge in [0.15, 0.2) is 0 Å². The normalized spacial score (nSPS) is 11.3. The molecule has 0 amide bonds. The average molecular weight is 334 g/mol. The molecule has 0 saturated heterocycles. The first-order valence-corrected chi connectivity index (χ1v) is 8.62. The van der Waals surface area contributed by atoms with Gasteiger partial charge in [-0.1, -0.05) is 26.0 Å². The van der Waals surface area contributed by atoms with Crippen molar-refractivity contribution < 1.29 is 8.83 Å². The second-order valence-electron chi connectivity index (χ2n) is 5.73. The summed E-state index contributed by atoms with van der Waals surface area (Å²) >= 11 is 4.37. The fourth-order valence-electron chi connectivity index (χ4n) is 3.14. The molecule has 2 heterocycles. The summed E-state index contributed by atoms with van der Waals surface area (Å²) in [4.78, 5) is 0.899. The van der Waals surface area contributed by atoms with Crippen molar-refractivity contribution in [2.45, 2.75) is 25.7 Å². The number of thiol groups is 1. The zero-order valence-electron chi connectivity index (χ0n) is 13.9. The van der Waals surface area contributed by atoms with Gasteiger partial charge in [-0.15, -0.1) is 12.6 Å². The second-order valence-corrected chi connectivity index (χ2v) is 6.25. The zero-order chi connectivity index (χ0) is 16.8. The third-order valence-electron chi connectivity index (χ3n) is 4.20. The molecule has 0 bridgehead atoms. The molecule has 0 unspecified atom stereocenters. The lowest BCUT2D eigenvalue weighted by atomic mass is 10.1. The number of fused-ring (bicyclic) bond motifs is 6. The monoisotopic (exact) mass is 334 g/mol. The molecule has 0 N–H and O–H groups in total. The molecule has 120 valence electrons. The molecular weight excluding hydrogens is 316 g/mol. The highest BCUT2D eigenvalue weighted by Gasteiger charge is 2.13. The smallest absolute Gasteiger partial charge is 0.136 e. The van der Waals surface area contributed by atoms with E-state index in [-0.39, 0.29) is 0 Å². The minimum atomic E-state index is 0.857. The lowest BCUT2D eigenvalue weighted by Crippen LogP contribution is -1.70. The Morgan fingerprint density at radius 3 is 1.75 bits per heavy atom. The van der Waals surface area contributed by atoms with Crippen LogP contribution in [0, 0.1) is 6.92 Å². The van der Waals surface area contributed by atoms with Crippen LogP contribution in [0.15, 0.2) is 62.3 Å². The van der Waals surface area contributed by atoms with E-state index in [4.69, 9.17) is 8.83 Å². The van der Waals surface area contributed by atoms with Crippen LogP contribution in [0.3, 0.4) is 0 Å². The molecule has 5 rings (SSSR count). The van der Waals surface area contributed by atoms with E-state index in [2.05, 4.69) is 49.9 Å². The molecule has 0 spiro atoms. The van der Waals surface area contributed by atoms with Gasteiger partial charge in [0.25, 0.3) is 0 Å². The van der Waals surface area contributed by atoms with Crippen molar-refractivity contribution in [2.24, 2.45) is 0 Å². The van der Waals surface area contributed by atoms with Gasteiger partial charge in [-0.3, -0.25) is 0 Å². The summed E-state index contributed by atoms with van der Waals surface area (Å²) in [5, 5.41) is 4.38. The Morgan fingerprint density at radius 1 is 0.625 bits per heavy atom. The Hall–Kier alpha value is -2.39. The minimum Gasteiger partial charge on any atom is -0.456 e. The van der Waals surface area contributed by atoms with Crippen molar-refractivity contribution in [1.82, 2.24) is 0 Å². The van der Waals surface area contributed by atoms with Crippen LogP contribution in [0.2, 0.25) is 0 Å². The molecule has 0 aliphatic heterocycles. The van der Waals surface area contributed by atoms with Crippen LogP contribution >= 0.6 is 12.6 Å². The van der Waals surface area contributed by atoms with E-state index in [0.29, 0.717) is 0 Å². The molecule has 2 nitrogen and oxygen atoms in total. The molecule has 2 aromatic heterocycles. The summed E-state index contributed by atoms with van der Waals surface area (Å²) < 4.78 is 12.0. The molecule has 24 heavy (non-hydrogen) atoms. The maximum Gasteiger partial charge on any atom is 0.136 e. The van der Waals surface area contributed by atoms with Gasteiger partial charge in [-0.25, -0.2) is 0 Å². The van der Waals surface area contributed by atoms with Gasteiger partial charge in [0.1, 0.15) is 22.3 Å². The van der Waals surface area contributed by atoms with Crippen LogP contribution in [0.1, 0.15) is 19.4 Å². The summed E-state index contributed by atoms with van der Waals surface area (Å²) in [7, 11) is 0. The Bertz CT molecular complexity index is 1100. The molecule has 0 aliphatic carbocycles. The number of hydrogen-bond acceptors (Lipinski definition) is 3. The van der Waals surface area contributed by atoms with Gasteiger partial charge in [-0.05, 0) is 48.9 Å².